The first-order valence-corrected chi connectivity index (χ1v) is 5.74. The molecule has 0 saturated heterocycles. The summed E-state index contributed by atoms with van der Waals surface area (Å²) in [5.41, 5.74) is 6.41. The van der Waals surface area contributed by atoms with Crippen LogP contribution in [-0.4, -0.2) is 33.4 Å². The highest BCUT2D eigenvalue weighted by Crippen LogP contribution is 2.11. The maximum atomic E-state index is 12.0. The summed E-state index contributed by atoms with van der Waals surface area (Å²) in [6.45, 7) is 6.23. The van der Waals surface area contributed by atoms with Gasteiger partial charge in [-0.1, -0.05) is 13.8 Å². The maximum absolute atomic E-state index is 12.0. The number of carbonyl (C=O) groups is 1. The van der Waals surface area contributed by atoms with E-state index in [9.17, 15) is 9.90 Å². The fraction of sp³-hybridized carbons (Fsp3) is 0.636. The van der Waals surface area contributed by atoms with Crippen molar-refractivity contribution in [2.75, 3.05) is 12.3 Å². The minimum Gasteiger partial charge on any atom is -0.396 e. The Morgan fingerprint density at radius 1 is 1.65 bits per heavy atom. The number of carbonyl (C=O) groups excluding carboxylic acids is 1. The minimum absolute atomic E-state index is 0.0937. The number of rotatable bonds is 5. The number of aliphatic hydroxyl groups excluding tert-OH is 1. The molecule has 1 unspecified atom stereocenters. The molecule has 6 heteroatoms. The van der Waals surface area contributed by atoms with Gasteiger partial charge in [-0.2, -0.15) is 5.10 Å². The average molecular weight is 240 g/mol. The number of amides is 1. The fourth-order valence-electron chi connectivity index (χ4n) is 1.55. The normalized spacial score (nSPS) is 12.8. The summed E-state index contributed by atoms with van der Waals surface area (Å²) in [6, 6.07) is -0.276. The number of nitrogens with one attached hydrogen (secondary N) is 1. The highest BCUT2D eigenvalue weighted by molar-refractivity contribution is 5.97. The maximum Gasteiger partial charge on any atom is 0.272 e. The second-order valence-corrected chi connectivity index (χ2v) is 4.27. The lowest BCUT2D eigenvalue weighted by molar-refractivity contribution is 0.0887. The van der Waals surface area contributed by atoms with Gasteiger partial charge in [-0.15, -0.1) is 0 Å². The Bertz CT molecular complexity index is 387. The largest absolute Gasteiger partial charge is 0.396 e. The van der Waals surface area contributed by atoms with Gasteiger partial charge in [0, 0.05) is 6.54 Å². The van der Waals surface area contributed by atoms with Gasteiger partial charge in [0.25, 0.3) is 5.91 Å². The predicted octanol–water partition coefficient (Wildman–Crippen LogP) is 0.232. The van der Waals surface area contributed by atoms with Crippen LogP contribution < -0.4 is 11.1 Å². The van der Waals surface area contributed by atoms with Crippen molar-refractivity contribution in [2.45, 2.75) is 33.4 Å². The quantitative estimate of drug-likeness (QED) is 0.687. The van der Waals surface area contributed by atoms with Crippen LogP contribution in [0.15, 0.2) is 6.20 Å². The molecule has 0 aromatic carbocycles. The van der Waals surface area contributed by atoms with Crippen LogP contribution >= 0.6 is 0 Å². The van der Waals surface area contributed by atoms with E-state index in [-0.39, 0.29) is 24.5 Å². The Kier molecular flexibility index (Phi) is 4.51. The second-order valence-electron chi connectivity index (χ2n) is 4.27. The molecule has 1 atom stereocenters. The third-order valence-corrected chi connectivity index (χ3v) is 2.70. The number of nitrogens with zero attached hydrogens (tertiary/aromatic N) is 2. The molecule has 0 bridgehead atoms. The van der Waals surface area contributed by atoms with Crippen LogP contribution in [0.3, 0.4) is 0 Å². The van der Waals surface area contributed by atoms with Crippen molar-refractivity contribution in [3.63, 3.8) is 0 Å². The molecule has 17 heavy (non-hydrogen) atoms. The monoisotopic (exact) mass is 240 g/mol. The number of anilines is 1. The lowest BCUT2D eigenvalue weighted by Gasteiger charge is -2.20. The number of nitrogens with two attached hydrogens (primary N) is 1. The van der Waals surface area contributed by atoms with Crippen LogP contribution in [0, 0.1) is 5.92 Å². The van der Waals surface area contributed by atoms with E-state index >= 15 is 0 Å². The summed E-state index contributed by atoms with van der Waals surface area (Å²) in [5.74, 6) is -0.141. The van der Waals surface area contributed by atoms with Crippen molar-refractivity contribution in [1.82, 2.24) is 15.1 Å². The molecule has 0 saturated carbocycles. The molecule has 1 aromatic heterocycles. The van der Waals surface area contributed by atoms with Gasteiger partial charge in [0.2, 0.25) is 0 Å². The zero-order chi connectivity index (χ0) is 13.0. The molecule has 0 aliphatic rings. The van der Waals surface area contributed by atoms with E-state index < -0.39 is 0 Å². The SMILES string of the molecule is CCn1ncc(N)c1C(=O)NC(CO)C(C)C. The van der Waals surface area contributed by atoms with E-state index in [1.165, 1.54) is 6.20 Å². The first-order chi connectivity index (χ1) is 8.01. The van der Waals surface area contributed by atoms with E-state index in [1.54, 1.807) is 4.68 Å². The van der Waals surface area contributed by atoms with Crippen LogP contribution in [0.4, 0.5) is 5.69 Å². The summed E-state index contributed by atoms with van der Waals surface area (Å²) in [6.07, 6.45) is 1.46. The summed E-state index contributed by atoms with van der Waals surface area (Å²) in [5, 5.41) is 15.9. The number of aryl methyl sites for hydroxylation is 1. The van der Waals surface area contributed by atoms with Gasteiger partial charge in [-0.25, -0.2) is 0 Å². The lowest BCUT2D eigenvalue weighted by atomic mass is 10.1. The second kappa shape index (κ2) is 5.67. The predicted molar refractivity (Wildman–Crippen MR) is 65.5 cm³/mol. The Hall–Kier alpha value is -1.56. The smallest absolute Gasteiger partial charge is 0.272 e. The van der Waals surface area contributed by atoms with Gasteiger partial charge in [0.1, 0.15) is 5.69 Å². The third kappa shape index (κ3) is 2.97. The van der Waals surface area contributed by atoms with Gasteiger partial charge in [-0.3, -0.25) is 9.48 Å². The Balaban J connectivity index is 2.85. The van der Waals surface area contributed by atoms with Gasteiger partial charge in [-0.05, 0) is 12.8 Å². The molecule has 0 aliphatic heterocycles. The first kappa shape index (κ1) is 13.5. The molecule has 4 N–H and O–H groups in total. The molecular weight excluding hydrogens is 220 g/mol. The highest BCUT2D eigenvalue weighted by Gasteiger charge is 2.21. The topological polar surface area (TPSA) is 93.2 Å². The van der Waals surface area contributed by atoms with E-state index in [0.717, 1.165) is 0 Å². The number of aromatic nitrogens is 2. The molecule has 6 nitrogen and oxygen atoms in total. The van der Waals surface area contributed by atoms with Crippen LogP contribution in [0.1, 0.15) is 31.3 Å². The molecule has 0 fully saturated rings. The number of hydrogen-bond acceptors (Lipinski definition) is 4. The molecule has 0 aliphatic carbocycles. The molecule has 0 radical (unpaired) electrons. The van der Waals surface area contributed by atoms with Crippen molar-refractivity contribution in [2.24, 2.45) is 5.92 Å². The van der Waals surface area contributed by atoms with Crippen molar-refractivity contribution >= 4 is 11.6 Å². The van der Waals surface area contributed by atoms with Crippen LogP contribution in [0.25, 0.3) is 0 Å². The molecule has 1 amide bonds. The van der Waals surface area contributed by atoms with Crippen molar-refractivity contribution in [3.8, 4) is 0 Å². The number of hydrogen-bond donors (Lipinski definition) is 3. The Morgan fingerprint density at radius 2 is 2.29 bits per heavy atom. The average Bonchev–Trinajstić information content (AvgIpc) is 2.66. The number of aliphatic hydroxyl groups is 1. The summed E-state index contributed by atoms with van der Waals surface area (Å²) < 4.78 is 1.54. The standard InChI is InChI=1S/C11H20N4O2/c1-4-15-10(8(12)5-13-15)11(17)14-9(6-16)7(2)3/h5,7,9,16H,4,6,12H2,1-3H3,(H,14,17). The Labute approximate surface area is 101 Å². The van der Waals surface area contributed by atoms with Gasteiger partial charge >= 0.3 is 0 Å². The zero-order valence-electron chi connectivity index (χ0n) is 10.5. The lowest BCUT2D eigenvalue weighted by Crippen LogP contribution is -2.42. The minimum atomic E-state index is -0.297. The highest BCUT2D eigenvalue weighted by atomic mass is 16.3. The van der Waals surface area contributed by atoms with E-state index in [2.05, 4.69) is 10.4 Å². The van der Waals surface area contributed by atoms with Crippen molar-refractivity contribution in [3.05, 3.63) is 11.9 Å². The fourth-order valence-corrected chi connectivity index (χ4v) is 1.55. The van der Waals surface area contributed by atoms with Crippen LogP contribution in [0.2, 0.25) is 0 Å². The Morgan fingerprint density at radius 3 is 2.76 bits per heavy atom. The molecule has 0 spiro atoms. The van der Waals surface area contributed by atoms with E-state index in [0.29, 0.717) is 17.9 Å². The van der Waals surface area contributed by atoms with Crippen molar-refractivity contribution < 1.29 is 9.90 Å². The molecule has 1 rings (SSSR count). The summed E-state index contributed by atoms with van der Waals surface area (Å²) in [4.78, 5) is 12.0. The molecular formula is C11H20N4O2. The molecule has 1 aromatic rings. The summed E-state index contributed by atoms with van der Waals surface area (Å²) in [7, 11) is 0. The summed E-state index contributed by atoms with van der Waals surface area (Å²) >= 11 is 0. The molecule has 1 heterocycles. The van der Waals surface area contributed by atoms with Crippen molar-refractivity contribution in [1.29, 1.82) is 0 Å². The van der Waals surface area contributed by atoms with Gasteiger partial charge in [0.05, 0.1) is 24.5 Å². The first-order valence-electron chi connectivity index (χ1n) is 5.74. The van der Waals surface area contributed by atoms with Gasteiger partial charge in [0.15, 0.2) is 0 Å². The van der Waals surface area contributed by atoms with E-state index in [1.807, 2.05) is 20.8 Å². The zero-order valence-corrected chi connectivity index (χ0v) is 10.5. The molecule has 96 valence electrons. The number of nitrogen functional groups attached to an aromatic ring is 1. The van der Waals surface area contributed by atoms with Gasteiger partial charge < -0.3 is 16.2 Å². The third-order valence-electron chi connectivity index (χ3n) is 2.70. The van der Waals surface area contributed by atoms with E-state index in [4.69, 9.17) is 5.73 Å². The van der Waals surface area contributed by atoms with Crippen LogP contribution in [0.5, 0.6) is 0 Å². The van der Waals surface area contributed by atoms with Crippen LogP contribution in [-0.2, 0) is 6.54 Å².